The molecule has 0 aliphatic carbocycles. The van der Waals surface area contributed by atoms with E-state index in [1.807, 2.05) is 10.7 Å². The molecule has 0 saturated heterocycles. The number of aryl methyl sites for hydroxylation is 1. The van der Waals surface area contributed by atoms with Gasteiger partial charge >= 0.3 is 0 Å². The number of hydrogen-bond donors (Lipinski definition) is 1. The first kappa shape index (κ1) is 11.8. The molecule has 1 unspecified atom stereocenters. The van der Waals surface area contributed by atoms with Crippen LogP contribution in [-0.4, -0.2) is 26.7 Å². The van der Waals surface area contributed by atoms with Crippen LogP contribution in [0, 0.1) is 5.82 Å². The summed E-state index contributed by atoms with van der Waals surface area (Å²) in [4.78, 5) is 15.6. The lowest BCUT2D eigenvalue weighted by molar-refractivity contribution is 0.0926. The highest BCUT2D eigenvalue weighted by atomic mass is 19.1. The van der Waals surface area contributed by atoms with Gasteiger partial charge in [0, 0.05) is 37.1 Å². The Labute approximate surface area is 109 Å². The largest absolute Gasteiger partial charge is 0.349 e. The molecule has 0 spiro atoms. The molecule has 1 amide bonds. The topological polar surface area (TPSA) is 59.8 Å². The van der Waals surface area contributed by atoms with Gasteiger partial charge in [-0.15, -0.1) is 0 Å². The molecule has 1 aliphatic rings. The monoisotopic (exact) mass is 260 g/mol. The number of nitrogens with one attached hydrogen (secondary N) is 1. The number of carbonyl (C=O) groups is 1. The molecular weight excluding hydrogens is 247 g/mol. The Bertz CT molecular complexity index is 610. The van der Waals surface area contributed by atoms with Gasteiger partial charge in [0.05, 0.1) is 11.8 Å². The first-order chi connectivity index (χ1) is 9.24. The highest BCUT2D eigenvalue weighted by Gasteiger charge is 2.22. The van der Waals surface area contributed by atoms with Gasteiger partial charge in [-0.2, -0.15) is 5.10 Å². The van der Waals surface area contributed by atoms with Crippen molar-refractivity contribution < 1.29 is 9.18 Å². The van der Waals surface area contributed by atoms with Crippen LogP contribution in [-0.2, 0) is 13.0 Å². The van der Waals surface area contributed by atoms with E-state index < -0.39 is 11.7 Å². The van der Waals surface area contributed by atoms with Crippen LogP contribution in [0.5, 0.6) is 0 Å². The molecule has 0 fully saturated rings. The van der Waals surface area contributed by atoms with Crippen molar-refractivity contribution in [2.24, 2.45) is 0 Å². The van der Waals surface area contributed by atoms with Gasteiger partial charge in [-0.3, -0.25) is 14.5 Å². The van der Waals surface area contributed by atoms with Gasteiger partial charge in [0.15, 0.2) is 5.82 Å². The number of hydrogen-bond acceptors (Lipinski definition) is 3. The Kier molecular flexibility index (Phi) is 2.98. The fourth-order valence-electron chi connectivity index (χ4n) is 2.31. The minimum absolute atomic E-state index is 0.0178. The van der Waals surface area contributed by atoms with Gasteiger partial charge in [-0.25, -0.2) is 4.39 Å². The van der Waals surface area contributed by atoms with Crippen LogP contribution in [0.1, 0.15) is 22.5 Å². The molecule has 0 aromatic carbocycles. The smallest absolute Gasteiger partial charge is 0.254 e. The number of fused-ring (bicyclic) bond motifs is 1. The van der Waals surface area contributed by atoms with Crippen LogP contribution in [0.2, 0.25) is 0 Å². The van der Waals surface area contributed by atoms with E-state index in [-0.39, 0.29) is 11.6 Å². The number of amides is 1. The molecule has 19 heavy (non-hydrogen) atoms. The van der Waals surface area contributed by atoms with Crippen molar-refractivity contribution in [3.05, 3.63) is 47.8 Å². The number of rotatable bonds is 2. The summed E-state index contributed by atoms with van der Waals surface area (Å²) in [7, 11) is 0. The van der Waals surface area contributed by atoms with E-state index in [1.54, 1.807) is 6.20 Å². The molecule has 1 aliphatic heterocycles. The van der Waals surface area contributed by atoms with Gasteiger partial charge in [0.2, 0.25) is 0 Å². The maximum absolute atomic E-state index is 13.4. The molecule has 98 valence electrons. The molecular formula is C13H13FN4O. The molecule has 1 N–H and O–H groups in total. The summed E-state index contributed by atoms with van der Waals surface area (Å²) < 4.78 is 15.4. The van der Waals surface area contributed by atoms with Crippen LogP contribution >= 0.6 is 0 Å². The summed E-state index contributed by atoms with van der Waals surface area (Å²) in [5.41, 5.74) is 1.13. The maximum atomic E-state index is 13.4. The summed E-state index contributed by atoms with van der Waals surface area (Å²) >= 11 is 0. The molecule has 3 heterocycles. The van der Waals surface area contributed by atoms with Crippen molar-refractivity contribution in [1.82, 2.24) is 20.1 Å². The van der Waals surface area contributed by atoms with Gasteiger partial charge in [-0.05, 0) is 18.6 Å². The number of nitrogens with zero attached hydrogens (tertiary/aromatic N) is 3. The summed E-state index contributed by atoms with van der Waals surface area (Å²) in [5, 5.41) is 7.04. The van der Waals surface area contributed by atoms with Crippen molar-refractivity contribution in [3.63, 3.8) is 0 Å². The quantitative estimate of drug-likeness (QED) is 0.881. The molecule has 0 bridgehead atoms. The molecule has 0 saturated carbocycles. The van der Waals surface area contributed by atoms with Crippen LogP contribution in [0.15, 0.2) is 30.7 Å². The Morgan fingerprint density at radius 3 is 3.16 bits per heavy atom. The molecule has 2 aromatic heterocycles. The van der Waals surface area contributed by atoms with Crippen LogP contribution in [0.3, 0.4) is 0 Å². The van der Waals surface area contributed by atoms with Gasteiger partial charge in [0.25, 0.3) is 5.91 Å². The molecule has 5 nitrogen and oxygen atoms in total. The van der Waals surface area contributed by atoms with Crippen LogP contribution < -0.4 is 5.32 Å². The summed E-state index contributed by atoms with van der Waals surface area (Å²) in [6.07, 6.45) is 5.73. The van der Waals surface area contributed by atoms with Gasteiger partial charge < -0.3 is 5.32 Å². The Morgan fingerprint density at radius 2 is 2.32 bits per heavy atom. The zero-order chi connectivity index (χ0) is 13.2. The fraction of sp³-hybridized carbons (Fsp3) is 0.308. The lowest BCUT2D eigenvalue weighted by Gasteiger charge is -2.24. The standard InChI is InChI=1S/C13H13FN4O/c14-12-8-15-4-2-11(12)13(19)17-9-3-6-18-10(7-9)1-5-16-18/h1-2,4-5,8-9H,3,6-7H2,(H,17,19). The van der Waals surface area contributed by atoms with E-state index in [0.29, 0.717) is 0 Å². The maximum Gasteiger partial charge on any atom is 0.254 e. The van der Waals surface area contributed by atoms with E-state index in [1.165, 1.54) is 12.3 Å². The molecule has 3 rings (SSSR count). The minimum Gasteiger partial charge on any atom is -0.349 e. The SMILES string of the molecule is O=C(NC1CCn2nccc2C1)c1ccncc1F. The van der Waals surface area contributed by atoms with Crippen molar-refractivity contribution in [1.29, 1.82) is 0 Å². The predicted octanol–water partition coefficient (Wildman–Crippen LogP) is 1.16. The molecule has 1 atom stereocenters. The first-order valence-corrected chi connectivity index (χ1v) is 6.15. The summed E-state index contributed by atoms with van der Waals surface area (Å²) in [5.74, 6) is -0.987. The number of pyridine rings is 1. The average Bonchev–Trinajstić information content (AvgIpc) is 2.86. The van der Waals surface area contributed by atoms with E-state index in [4.69, 9.17) is 0 Å². The first-order valence-electron chi connectivity index (χ1n) is 6.15. The Balaban J connectivity index is 1.70. The molecule has 6 heteroatoms. The van der Waals surface area contributed by atoms with E-state index >= 15 is 0 Å². The fourth-order valence-corrected chi connectivity index (χ4v) is 2.31. The Morgan fingerprint density at radius 1 is 1.42 bits per heavy atom. The highest BCUT2D eigenvalue weighted by molar-refractivity contribution is 5.94. The van der Waals surface area contributed by atoms with Crippen molar-refractivity contribution >= 4 is 5.91 Å². The summed E-state index contributed by atoms with van der Waals surface area (Å²) in [6, 6.07) is 3.34. The van der Waals surface area contributed by atoms with Gasteiger partial charge in [0.1, 0.15) is 0 Å². The predicted molar refractivity (Wildman–Crippen MR) is 66.0 cm³/mol. The van der Waals surface area contributed by atoms with Crippen molar-refractivity contribution in [2.45, 2.75) is 25.4 Å². The number of aromatic nitrogens is 3. The highest BCUT2D eigenvalue weighted by Crippen LogP contribution is 2.14. The third-order valence-corrected chi connectivity index (χ3v) is 3.30. The zero-order valence-electron chi connectivity index (χ0n) is 10.2. The second kappa shape index (κ2) is 4.79. The minimum atomic E-state index is -0.596. The van der Waals surface area contributed by atoms with Crippen LogP contribution in [0.4, 0.5) is 4.39 Å². The molecule has 0 radical (unpaired) electrons. The zero-order valence-corrected chi connectivity index (χ0v) is 10.2. The normalized spacial score (nSPS) is 17.8. The average molecular weight is 260 g/mol. The third kappa shape index (κ3) is 2.33. The second-order valence-electron chi connectivity index (χ2n) is 4.56. The number of carbonyl (C=O) groups excluding carboxylic acids is 1. The van der Waals surface area contributed by atoms with E-state index in [9.17, 15) is 9.18 Å². The third-order valence-electron chi connectivity index (χ3n) is 3.30. The van der Waals surface area contributed by atoms with Crippen LogP contribution in [0.25, 0.3) is 0 Å². The van der Waals surface area contributed by atoms with E-state index in [2.05, 4.69) is 15.4 Å². The Hall–Kier alpha value is -2.24. The number of halogens is 1. The lowest BCUT2D eigenvalue weighted by Crippen LogP contribution is -2.40. The van der Waals surface area contributed by atoms with Crippen molar-refractivity contribution in [2.75, 3.05) is 0 Å². The molecule has 2 aromatic rings. The van der Waals surface area contributed by atoms with Gasteiger partial charge in [-0.1, -0.05) is 0 Å². The van der Waals surface area contributed by atoms with E-state index in [0.717, 1.165) is 31.3 Å². The second-order valence-corrected chi connectivity index (χ2v) is 4.56. The lowest BCUT2D eigenvalue weighted by atomic mass is 10.0. The summed E-state index contributed by atoms with van der Waals surface area (Å²) in [6.45, 7) is 0.770. The van der Waals surface area contributed by atoms with Crippen molar-refractivity contribution in [3.8, 4) is 0 Å².